The Balaban J connectivity index is 4.13. The van der Waals surface area contributed by atoms with Gasteiger partial charge in [-0.2, -0.15) is 0 Å². The summed E-state index contributed by atoms with van der Waals surface area (Å²) in [7, 11) is 1.79. The second-order valence-corrected chi connectivity index (χ2v) is 5.31. The number of hydrogen-bond acceptors (Lipinski definition) is 2. The van der Waals surface area contributed by atoms with Gasteiger partial charge >= 0.3 is 0 Å². The molecule has 0 fully saturated rings. The van der Waals surface area contributed by atoms with Crippen LogP contribution in [0.15, 0.2) is 12.2 Å². The predicted molar refractivity (Wildman–Crippen MR) is 71.8 cm³/mol. The van der Waals surface area contributed by atoms with Crippen LogP contribution in [-0.4, -0.2) is 25.3 Å². The van der Waals surface area contributed by atoms with Crippen molar-refractivity contribution in [3.8, 4) is 0 Å². The van der Waals surface area contributed by atoms with Gasteiger partial charge in [0.15, 0.2) is 0 Å². The van der Waals surface area contributed by atoms with Gasteiger partial charge in [-0.05, 0) is 53.0 Å². The first kappa shape index (κ1) is 15.7. The van der Waals surface area contributed by atoms with Gasteiger partial charge < -0.3 is 10.1 Å². The first-order valence-electron chi connectivity index (χ1n) is 6.34. The van der Waals surface area contributed by atoms with Crippen molar-refractivity contribution in [1.82, 2.24) is 5.32 Å². The number of ether oxygens (including phenoxy) is 1. The Morgan fingerprint density at radius 3 is 2.50 bits per heavy atom. The van der Waals surface area contributed by atoms with Crippen molar-refractivity contribution in [2.45, 2.75) is 65.0 Å². The van der Waals surface area contributed by atoms with E-state index in [0.717, 1.165) is 25.8 Å². The fraction of sp³-hybridized carbons (Fsp3) is 0.857. The van der Waals surface area contributed by atoms with E-state index in [4.69, 9.17) is 4.74 Å². The van der Waals surface area contributed by atoms with E-state index in [-0.39, 0.29) is 5.60 Å². The van der Waals surface area contributed by atoms with Crippen LogP contribution in [0.5, 0.6) is 0 Å². The van der Waals surface area contributed by atoms with Crippen LogP contribution in [0, 0.1) is 0 Å². The zero-order valence-corrected chi connectivity index (χ0v) is 11.7. The summed E-state index contributed by atoms with van der Waals surface area (Å²) in [5, 5.41) is 3.59. The van der Waals surface area contributed by atoms with Crippen LogP contribution < -0.4 is 5.32 Å². The highest BCUT2D eigenvalue weighted by molar-refractivity contribution is 4.90. The molecule has 0 rings (SSSR count). The largest absolute Gasteiger partial charge is 0.379 e. The van der Waals surface area contributed by atoms with Crippen LogP contribution in [0.3, 0.4) is 0 Å². The van der Waals surface area contributed by atoms with Crippen LogP contribution >= 0.6 is 0 Å². The summed E-state index contributed by atoms with van der Waals surface area (Å²) in [6.07, 6.45) is 4.48. The Labute approximate surface area is 101 Å². The SMILES string of the molecule is C=C(C)CCC(CC(C)(C)OC)NCCC. The molecule has 2 heteroatoms. The third kappa shape index (κ3) is 7.89. The van der Waals surface area contributed by atoms with Gasteiger partial charge in [0, 0.05) is 13.2 Å². The zero-order valence-electron chi connectivity index (χ0n) is 11.7. The lowest BCUT2D eigenvalue weighted by atomic mass is 9.94. The maximum Gasteiger partial charge on any atom is 0.0637 e. The lowest BCUT2D eigenvalue weighted by Crippen LogP contribution is -2.38. The van der Waals surface area contributed by atoms with E-state index < -0.39 is 0 Å². The number of allylic oxidation sites excluding steroid dienone is 1. The summed E-state index contributed by atoms with van der Waals surface area (Å²) < 4.78 is 5.49. The molecule has 0 amide bonds. The van der Waals surface area contributed by atoms with Gasteiger partial charge in [0.2, 0.25) is 0 Å². The molecule has 0 saturated carbocycles. The highest BCUT2D eigenvalue weighted by atomic mass is 16.5. The molecule has 2 nitrogen and oxygen atoms in total. The Bertz CT molecular complexity index is 199. The van der Waals surface area contributed by atoms with Gasteiger partial charge in [-0.3, -0.25) is 0 Å². The highest BCUT2D eigenvalue weighted by Crippen LogP contribution is 2.19. The molecule has 0 aliphatic carbocycles. The van der Waals surface area contributed by atoms with Gasteiger partial charge in [-0.25, -0.2) is 0 Å². The Morgan fingerprint density at radius 1 is 1.44 bits per heavy atom. The molecule has 1 unspecified atom stereocenters. The molecule has 1 atom stereocenters. The molecule has 0 saturated heterocycles. The second-order valence-electron chi connectivity index (χ2n) is 5.31. The molecule has 0 radical (unpaired) electrons. The lowest BCUT2D eigenvalue weighted by molar-refractivity contribution is 0.00643. The summed E-state index contributed by atoms with van der Waals surface area (Å²) in [5.41, 5.74) is 1.22. The summed E-state index contributed by atoms with van der Waals surface area (Å²) in [6.45, 7) is 13.6. The van der Waals surface area contributed by atoms with Gasteiger partial charge in [0.05, 0.1) is 5.60 Å². The first-order valence-corrected chi connectivity index (χ1v) is 6.34. The van der Waals surface area contributed by atoms with Crippen molar-refractivity contribution in [3.05, 3.63) is 12.2 Å². The van der Waals surface area contributed by atoms with Crippen molar-refractivity contribution in [2.24, 2.45) is 0 Å². The average molecular weight is 227 g/mol. The smallest absolute Gasteiger partial charge is 0.0637 e. The maximum absolute atomic E-state index is 5.49. The van der Waals surface area contributed by atoms with Crippen molar-refractivity contribution < 1.29 is 4.74 Å². The van der Waals surface area contributed by atoms with Gasteiger partial charge in [0.25, 0.3) is 0 Å². The van der Waals surface area contributed by atoms with Crippen LogP contribution in [0.25, 0.3) is 0 Å². The molecule has 0 aromatic carbocycles. The van der Waals surface area contributed by atoms with Crippen molar-refractivity contribution in [2.75, 3.05) is 13.7 Å². The number of methoxy groups -OCH3 is 1. The normalized spacial score (nSPS) is 13.8. The van der Waals surface area contributed by atoms with Crippen molar-refractivity contribution >= 4 is 0 Å². The minimum atomic E-state index is -0.0412. The Morgan fingerprint density at radius 2 is 2.06 bits per heavy atom. The molecule has 0 bridgehead atoms. The molecule has 0 aromatic rings. The molecule has 0 spiro atoms. The second kappa shape index (κ2) is 7.86. The highest BCUT2D eigenvalue weighted by Gasteiger charge is 2.22. The molecule has 0 heterocycles. The lowest BCUT2D eigenvalue weighted by Gasteiger charge is -2.29. The van der Waals surface area contributed by atoms with E-state index in [1.807, 2.05) is 0 Å². The zero-order chi connectivity index (χ0) is 12.6. The third-order valence-corrected chi connectivity index (χ3v) is 2.89. The van der Waals surface area contributed by atoms with E-state index in [2.05, 4.69) is 39.6 Å². The van der Waals surface area contributed by atoms with Crippen LogP contribution in [0.1, 0.15) is 53.4 Å². The number of rotatable bonds is 9. The molecule has 16 heavy (non-hydrogen) atoms. The van der Waals surface area contributed by atoms with Gasteiger partial charge in [0.1, 0.15) is 0 Å². The van der Waals surface area contributed by atoms with Crippen LogP contribution in [-0.2, 0) is 4.74 Å². The average Bonchev–Trinajstić information content (AvgIpc) is 2.22. The van der Waals surface area contributed by atoms with E-state index in [1.165, 1.54) is 12.0 Å². The minimum absolute atomic E-state index is 0.0412. The first-order chi connectivity index (χ1) is 7.41. The Kier molecular flexibility index (Phi) is 7.69. The fourth-order valence-corrected chi connectivity index (χ4v) is 1.72. The summed E-state index contributed by atoms with van der Waals surface area (Å²) in [5.74, 6) is 0. The summed E-state index contributed by atoms with van der Waals surface area (Å²) in [6, 6.07) is 0.534. The molecule has 0 aliphatic heterocycles. The third-order valence-electron chi connectivity index (χ3n) is 2.89. The van der Waals surface area contributed by atoms with Crippen LogP contribution in [0.4, 0.5) is 0 Å². The van der Waals surface area contributed by atoms with Crippen LogP contribution in [0.2, 0.25) is 0 Å². The van der Waals surface area contributed by atoms with Gasteiger partial charge in [-0.15, -0.1) is 6.58 Å². The molecule has 0 aliphatic rings. The fourth-order valence-electron chi connectivity index (χ4n) is 1.72. The van der Waals surface area contributed by atoms with Gasteiger partial charge in [-0.1, -0.05) is 12.5 Å². The Hall–Kier alpha value is -0.340. The molecule has 1 N–H and O–H groups in total. The number of hydrogen-bond donors (Lipinski definition) is 1. The van der Waals surface area contributed by atoms with Crippen molar-refractivity contribution in [3.63, 3.8) is 0 Å². The van der Waals surface area contributed by atoms with E-state index in [1.54, 1.807) is 7.11 Å². The molecular formula is C14H29NO. The molecular weight excluding hydrogens is 198 g/mol. The minimum Gasteiger partial charge on any atom is -0.379 e. The standard InChI is InChI=1S/C14H29NO/c1-7-10-15-13(9-8-12(2)3)11-14(4,5)16-6/h13,15H,2,7-11H2,1,3-6H3. The summed E-state index contributed by atoms with van der Waals surface area (Å²) >= 11 is 0. The quantitative estimate of drug-likeness (QED) is 0.608. The van der Waals surface area contributed by atoms with E-state index in [9.17, 15) is 0 Å². The maximum atomic E-state index is 5.49. The molecule has 0 aromatic heterocycles. The summed E-state index contributed by atoms with van der Waals surface area (Å²) in [4.78, 5) is 0. The van der Waals surface area contributed by atoms with E-state index in [0.29, 0.717) is 6.04 Å². The molecule has 96 valence electrons. The predicted octanol–water partition coefficient (Wildman–Crippen LogP) is 3.53. The topological polar surface area (TPSA) is 21.3 Å². The van der Waals surface area contributed by atoms with Crippen molar-refractivity contribution in [1.29, 1.82) is 0 Å². The number of nitrogens with one attached hydrogen (secondary N) is 1. The monoisotopic (exact) mass is 227 g/mol. The van der Waals surface area contributed by atoms with E-state index >= 15 is 0 Å².